The minimum Gasteiger partial charge on any atom is -0.207 e. The highest BCUT2D eigenvalue weighted by Gasteiger charge is 2.12. The van der Waals surface area contributed by atoms with Gasteiger partial charge < -0.3 is 0 Å². The number of benzene rings is 2. The first kappa shape index (κ1) is 14.7. The molecule has 2 aromatic carbocycles. The molecule has 2 aromatic rings. The Morgan fingerprint density at radius 1 is 0.850 bits per heavy atom. The zero-order valence-corrected chi connectivity index (χ0v) is 12.5. The fourth-order valence-electron chi connectivity index (χ4n) is 2.80. The molecule has 0 aliphatic carbocycles. The Bertz CT molecular complexity index is 619. The summed E-state index contributed by atoms with van der Waals surface area (Å²) < 4.78 is 27.5. The van der Waals surface area contributed by atoms with Crippen molar-refractivity contribution < 1.29 is 8.78 Å². The molecular formula is C18H20F2. The molecule has 0 aliphatic rings. The Hall–Kier alpha value is -1.70. The second-order valence-corrected chi connectivity index (χ2v) is 5.43. The molecule has 2 rings (SSSR count). The lowest BCUT2D eigenvalue weighted by Gasteiger charge is -2.14. The molecule has 0 fully saturated rings. The molecule has 0 N–H and O–H groups in total. The van der Waals surface area contributed by atoms with Crippen LogP contribution in [0.15, 0.2) is 24.3 Å². The van der Waals surface area contributed by atoms with Crippen LogP contribution in [-0.4, -0.2) is 0 Å². The molecule has 0 aromatic heterocycles. The third-order valence-corrected chi connectivity index (χ3v) is 3.64. The highest BCUT2D eigenvalue weighted by atomic mass is 19.1. The van der Waals surface area contributed by atoms with Crippen LogP contribution in [0.4, 0.5) is 8.78 Å². The van der Waals surface area contributed by atoms with E-state index in [2.05, 4.69) is 0 Å². The van der Waals surface area contributed by atoms with Crippen molar-refractivity contribution in [1.82, 2.24) is 0 Å². The highest BCUT2D eigenvalue weighted by molar-refractivity contribution is 5.72. The van der Waals surface area contributed by atoms with Crippen molar-refractivity contribution in [2.45, 2.75) is 40.5 Å². The number of hydrogen-bond donors (Lipinski definition) is 0. The molecule has 0 nitrogen and oxygen atoms in total. The topological polar surface area (TPSA) is 0 Å². The van der Waals surface area contributed by atoms with E-state index in [0.29, 0.717) is 5.56 Å². The average Bonchev–Trinajstić information content (AvgIpc) is 2.34. The second kappa shape index (κ2) is 5.74. The van der Waals surface area contributed by atoms with Gasteiger partial charge in [-0.05, 0) is 84.8 Å². The maximum Gasteiger partial charge on any atom is 0.129 e. The monoisotopic (exact) mass is 274 g/mol. The van der Waals surface area contributed by atoms with Crippen LogP contribution in [0.2, 0.25) is 0 Å². The van der Waals surface area contributed by atoms with E-state index >= 15 is 0 Å². The van der Waals surface area contributed by atoms with E-state index in [0.717, 1.165) is 40.7 Å². The largest absolute Gasteiger partial charge is 0.207 e. The third-order valence-electron chi connectivity index (χ3n) is 3.64. The summed E-state index contributed by atoms with van der Waals surface area (Å²) in [5.41, 5.74) is 5.14. The molecule has 0 saturated carbocycles. The van der Waals surface area contributed by atoms with Crippen LogP contribution in [0.1, 0.15) is 35.6 Å². The maximum atomic E-state index is 14.1. The molecular weight excluding hydrogens is 254 g/mol. The molecule has 106 valence electrons. The first-order valence-electron chi connectivity index (χ1n) is 7.00. The van der Waals surface area contributed by atoms with Gasteiger partial charge in [0.05, 0.1) is 0 Å². The van der Waals surface area contributed by atoms with E-state index in [-0.39, 0.29) is 11.6 Å². The van der Waals surface area contributed by atoms with Gasteiger partial charge in [-0.15, -0.1) is 0 Å². The molecule has 0 amide bonds. The molecule has 0 radical (unpaired) electrons. The van der Waals surface area contributed by atoms with E-state index in [9.17, 15) is 8.78 Å². The minimum absolute atomic E-state index is 0.118. The molecule has 0 heterocycles. The van der Waals surface area contributed by atoms with Crippen molar-refractivity contribution in [3.63, 3.8) is 0 Å². The molecule has 0 spiro atoms. The lowest BCUT2D eigenvalue weighted by Crippen LogP contribution is -1.97. The predicted octanol–water partition coefficient (Wildman–Crippen LogP) is 5.51. The Morgan fingerprint density at radius 3 is 2.00 bits per heavy atom. The molecule has 0 saturated heterocycles. The smallest absolute Gasteiger partial charge is 0.129 e. The van der Waals surface area contributed by atoms with Crippen molar-refractivity contribution in [3.05, 3.63) is 58.2 Å². The summed E-state index contributed by atoms with van der Waals surface area (Å²) in [6.45, 7) is 7.61. The Morgan fingerprint density at radius 2 is 1.45 bits per heavy atom. The van der Waals surface area contributed by atoms with Crippen molar-refractivity contribution in [1.29, 1.82) is 0 Å². The van der Waals surface area contributed by atoms with Gasteiger partial charge in [-0.1, -0.05) is 13.3 Å². The van der Waals surface area contributed by atoms with Crippen LogP contribution in [0, 0.1) is 32.4 Å². The zero-order chi connectivity index (χ0) is 14.9. The van der Waals surface area contributed by atoms with Crippen molar-refractivity contribution in [3.8, 4) is 11.1 Å². The number of rotatable bonds is 3. The average molecular weight is 274 g/mol. The fraction of sp³-hybridized carbons (Fsp3) is 0.333. The first-order valence-corrected chi connectivity index (χ1v) is 7.00. The van der Waals surface area contributed by atoms with Gasteiger partial charge in [0.15, 0.2) is 0 Å². The summed E-state index contributed by atoms with van der Waals surface area (Å²) in [6, 6.07) is 6.81. The van der Waals surface area contributed by atoms with Gasteiger partial charge in [0, 0.05) is 0 Å². The summed E-state index contributed by atoms with van der Waals surface area (Å²) in [4.78, 5) is 0. The van der Waals surface area contributed by atoms with Crippen LogP contribution in [0.25, 0.3) is 11.1 Å². The van der Waals surface area contributed by atoms with Crippen molar-refractivity contribution in [2.24, 2.45) is 0 Å². The van der Waals surface area contributed by atoms with Gasteiger partial charge in [-0.3, -0.25) is 0 Å². The lowest BCUT2D eigenvalue weighted by atomic mass is 9.92. The van der Waals surface area contributed by atoms with Crippen LogP contribution in [-0.2, 0) is 6.42 Å². The zero-order valence-electron chi connectivity index (χ0n) is 12.5. The summed E-state index contributed by atoms with van der Waals surface area (Å²) in [6.07, 6.45) is 1.63. The van der Waals surface area contributed by atoms with Gasteiger partial charge in [0.25, 0.3) is 0 Å². The predicted molar refractivity (Wildman–Crippen MR) is 80.0 cm³/mol. The molecule has 0 atom stereocenters. The van der Waals surface area contributed by atoms with Gasteiger partial charge in [-0.25, -0.2) is 8.78 Å². The number of aryl methyl sites for hydroxylation is 4. The standard InChI is InChI=1S/C18H20F2/c1-5-6-14-10-15(7-13(4)18(14)20)17-11(2)8-16(19)9-12(17)3/h7-10H,5-6H2,1-4H3. The summed E-state index contributed by atoms with van der Waals surface area (Å²) in [5.74, 6) is -0.343. The van der Waals surface area contributed by atoms with Gasteiger partial charge in [0.1, 0.15) is 11.6 Å². The minimum atomic E-state index is -0.226. The molecule has 2 heteroatoms. The molecule has 0 bridgehead atoms. The molecule has 0 aliphatic heterocycles. The number of halogens is 2. The van der Waals surface area contributed by atoms with Crippen LogP contribution in [0.3, 0.4) is 0 Å². The van der Waals surface area contributed by atoms with E-state index < -0.39 is 0 Å². The Labute approximate surface area is 119 Å². The van der Waals surface area contributed by atoms with Crippen molar-refractivity contribution in [2.75, 3.05) is 0 Å². The van der Waals surface area contributed by atoms with E-state index in [4.69, 9.17) is 0 Å². The lowest BCUT2D eigenvalue weighted by molar-refractivity contribution is 0.598. The van der Waals surface area contributed by atoms with E-state index in [1.807, 2.05) is 32.9 Å². The third kappa shape index (κ3) is 2.74. The Kier molecular flexibility index (Phi) is 4.22. The maximum absolute atomic E-state index is 14.1. The number of hydrogen-bond acceptors (Lipinski definition) is 0. The summed E-state index contributed by atoms with van der Waals surface area (Å²) in [7, 11) is 0. The normalized spacial score (nSPS) is 10.9. The van der Waals surface area contributed by atoms with E-state index in [1.54, 1.807) is 6.92 Å². The van der Waals surface area contributed by atoms with Gasteiger partial charge >= 0.3 is 0 Å². The van der Waals surface area contributed by atoms with Gasteiger partial charge in [-0.2, -0.15) is 0 Å². The fourth-order valence-corrected chi connectivity index (χ4v) is 2.80. The first-order chi connectivity index (χ1) is 9.43. The quantitative estimate of drug-likeness (QED) is 0.692. The second-order valence-electron chi connectivity index (χ2n) is 5.43. The van der Waals surface area contributed by atoms with Crippen LogP contribution >= 0.6 is 0 Å². The van der Waals surface area contributed by atoms with Crippen LogP contribution in [0.5, 0.6) is 0 Å². The van der Waals surface area contributed by atoms with Gasteiger partial charge in [0.2, 0.25) is 0 Å². The Balaban J connectivity index is 2.64. The van der Waals surface area contributed by atoms with Crippen molar-refractivity contribution >= 4 is 0 Å². The summed E-state index contributed by atoms with van der Waals surface area (Å²) >= 11 is 0. The van der Waals surface area contributed by atoms with E-state index in [1.165, 1.54) is 12.1 Å². The highest BCUT2D eigenvalue weighted by Crippen LogP contribution is 2.31. The SMILES string of the molecule is CCCc1cc(-c2c(C)cc(F)cc2C)cc(C)c1F. The summed E-state index contributed by atoms with van der Waals surface area (Å²) in [5, 5.41) is 0. The molecule has 0 unspecified atom stereocenters. The van der Waals surface area contributed by atoms with Crippen LogP contribution < -0.4 is 0 Å². The molecule has 20 heavy (non-hydrogen) atoms.